The van der Waals surface area contributed by atoms with Gasteiger partial charge in [0.15, 0.2) is 0 Å². The summed E-state index contributed by atoms with van der Waals surface area (Å²) in [5.74, 6) is 0. The van der Waals surface area contributed by atoms with E-state index < -0.39 is 0 Å². The van der Waals surface area contributed by atoms with Crippen LogP contribution >= 0.6 is 0 Å². The highest BCUT2D eigenvalue weighted by atomic mass is 15.4. The maximum Gasteiger partial charge on any atom is 0.0799 e. The fourth-order valence-electron chi connectivity index (χ4n) is 2.25. The van der Waals surface area contributed by atoms with E-state index in [-0.39, 0.29) is 6.04 Å². The predicted molar refractivity (Wildman–Crippen MR) is 72.3 cm³/mol. The fraction of sp³-hybridized carbons (Fsp3) is 0.429. The first-order valence-electron chi connectivity index (χ1n) is 6.34. The van der Waals surface area contributed by atoms with Crippen LogP contribution in [0.3, 0.4) is 0 Å². The number of aromatic nitrogens is 3. The van der Waals surface area contributed by atoms with E-state index in [9.17, 15) is 0 Å². The smallest absolute Gasteiger partial charge is 0.0799 e. The van der Waals surface area contributed by atoms with Crippen molar-refractivity contribution in [2.45, 2.75) is 39.8 Å². The lowest BCUT2D eigenvalue weighted by molar-refractivity contribution is 0.543. The topological polar surface area (TPSA) is 56.7 Å². The molecule has 1 heterocycles. The molecule has 0 aliphatic rings. The van der Waals surface area contributed by atoms with Crippen LogP contribution in [0.15, 0.2) is 24.4 Å². The largest absolute Gasteiger partial charge is 0.319 e. The maximum absolute atomic E-state index is 6.33. The van der Waals surface area contributed by atoms with Gasteiger partial charge in [0.2, 0.25) is 0 Å². The first-order chi connectivity index (χ1) is 8.61. The zero-order valence-electron chi connectivity index (χ0n) is 11.2. The minimum Gasteiger partial charge on any atom is -0.319 e. The Bertz CT molecular complexity index is 510. The molecule has 1 aromatic heterocycles. The van der Waals surface area contributed by atoms with Crippen molar-refractivity contribution >= 4 is 0 Å². The Morgan fingerprint density at radius 3 is 2.50 bits per heavy atom. The summed E-state index contributed by atoms with van der Waals surface area (Å²) in [5, 5.41) is 8.05. The van der Waals surface area contributed by atoms with Crippen molar-refractivity contribution in [3.63, 3.8) is 0 Å². The van der Waals surface area contributed by atoms with Crippen LogP contribution in [0.25, 0.3) is 0 Å². The average molecular weight is 244 g/mol. The molecule has 0 saturated heterocycles. The van der Waals surface area contributed by atoms with E-state index in [4.69, 9.17) is 5.73 Å². The second kappa shape index (κ2) is 5.31. The van der Waals surface area contributed by atoms with Crippen molar-refractivity contribution in [1.29, 1.82) is 0 Å². The third kappa shape index (κ3) is 2.59. The van der Waals surface area contributed by atoms with Crippen LogP contribution in [0.4, 0.5) is 0 Å². The maximum atomic E-state index is 6.33. The van der Waals surface area contributed by atoms with Crippen molar-refractivity contribution in [3.05, 3.63) is 46.8 Å². The van der Waals surface area contributed by atoms with Crippen LogP contribution in [0.2, 0.25) is 0 Å². The van der Waals surface area contributed by atoms with E-state index in [1.807, 2.05) is 4.68 Å². The van der Waals surface area contributed by atoms with Crippen molar-refractivity contribution < 1.29 is 0 Å². The zero-order valence-corrected chi connectivity index (χ0v) is 11.2. The molecule has 4 nitrogen and oxygen atoms in total. The SMILES string of the molecule is CCCn1nncc1C(N)c1cc(C)cc(C)c1. The molecule has 0 spiro atoms. The highest BCUT2D eigenvalue weighted by Crippen LogP contribution is 2.21. The van der Waals surface area contributed by atoms with E-state index in [2.05, 4.69) is 49.3 Å². The number of rotatable bonds is 4. The highest BCUT2D eigenvalue weighted by Gasteiger charge is 2.15. The number of aryl methyl sites for hydroxylation is 3. The molecule has 0 fully saturated rings. The van der Waals surface area contributed by atoms with E-state index in [1.165, 1.54) is 11.1 Å². The summed E-state index contributed by atoms with van der Waals surface area (Å²) < 4.78 is 1.89. The highest BCUT2D eigenvalue weighted by molar-refractivity contribution is 5.34. The predicted octanol–water partition coefficient (Wildman–Crippen LogP) is 2.35. The van der Waals surface area contributed by atoms with Gasteiger partial charge in [-0.2, -0.15) is 0 Å². The Labute approximate surface area is 108 Å². The second-order valence-electron chi connectivity index (χ2n) is 4.78. The molecule has 1 atom stereocenters. The Kier molecular flexibility index (Phi) is 3.77. The van der Waals surface area contributed by atoms with Crippen molar-refractivity contribution in [3.8, 4) is 0 Å². The summed E-state index contributed by atoms with van der Waals surface area (Å²) in [6, 6.07) is 6.24. The first-order valence-corrected chi connectivity index (χ1v) is 6.34. The molecule has 4 heteroatoms. The van der Waals surface area contributed by atoms with Crippen LogP contribution in [0.5, 0.6) is 0 Å². The number of nitrogens with zero attached hydrogens (tertiary/aromatic N) is 3. The molecular weight excluding hydrogens is 224 g/mol. The van der Waals surface area contributed by atoms with Gasteiger partial charge in [-0.1, -0.05) is 41.5 Å². The number of nitrogens with two attached hydrogens (primary N) is 1. The lowest BCUT2D eigenvalue weighted by atomic mass is 10.00. The molecule has 0 bridgehead atoms. The van der Waals surface area contributed by atoms with Gasteiger partial charge >= 0.3 is 0 Å². The van der Waals surface area contributed by atoms with Gasteiger partial charge in [-0.25, -0.2) is 4.68 Å². The number of hydrogen-bond acceptors (Lipinski definition) is 3. The van der Waals surface area contributed by atoms with E-state index in [0.29, 0.717) is 0 Å². The summed E-state index contributed by atoms with van der Waals surface area (Å²) in [6.07, 6.45) is 2.79. The minimum absolute atomic E-state index is 0.162. The molecule has 0 aliphatic heterocycles. The molecule has 2 N–H and O–H groups in total. The molecule has 18 heavy (non-hydrogen) atoms. The number of benzene rings is 1. The Morgan fingerprint density at radius 1 is 1.22 bits per heavy atom. The molecule has 0 radical (unpaired) electrons. The first kappa shape index (κ1) is 12.8. The summed E-state index contributed by atoms with van der Waals surface area (Å²) in [6.45, 7) is 7.15. The Balaban J connectivity index is 2.34. The third-order valence-electron chi connectivity index (χ3n) is 3.00. The summed E-state index contributed by atoms with van der Waals surface area (Å²) in [5.41, 5.74) is 10.9. The van der Waals surface area contributed by atoms with Gasteiger partial charge in [0.25, 0.3) is 0 Å². The van der Waals surface area contributed by atoms with Crippen molar-refractivity contribution in [2.75, 3.05) is 0 Å². The second-order valence-corrected chi connectivity index (χ2v) is 4.78. The zero-order chi connectivity index (χ0) is 13.1. The molecule has 0 amide bonds. The van der Waals surface area contributed by atoms with Gasteiger partial charge in [0.05, 0.1) is 17.9 Å². The molecule has 2 aromatic rings. The summed E-state index contributed by atoms with van der Waals surface area (Å²) in [7, 11) is 0. The van der Waals surface area contributed by atoms with Crippen molar-refractivity contribution in [2.24, 2.45) is 5.73 Å². The molecule has 1 unspecified atom stereocenters. The van der Waals surface area contributed by atoms with Crippen molar-refractivity contribution in [1.82, 2.24) is 15.0 Å². The van der Waals surface area contributed by atoms with Gasteiger partial charge in [-0.15, -0.1) is 5.10 Å². The molecular formula is C14H20N4. The number of hydrogen-bond donors (Lipinski definition) is 1. The lowest BCUT2D eigenvalue weighted by Crippen LogP contribution is -2.17. The minimum atomic E-state index is -0.162. The van der Waals surface area contributed by atoms with Crippen LogP contribution in [-0.2, 0) is 6.54 Å². The molecule has 96 valence electrons. The fourth-order valence-corrected chi connectivity index (χ4v) is 2.25. The molecule has 2 rings (SSSR count). The monoisotopic (exact) mass is 244 g/mol. The van der Waals surface area contributed by atoms with Crippen LogP contribution in [-0.4, -0.2) is 15.0 Å². The normalized spacial score (nSPS) is 12.7. The Hall–Kier alpha value is -1.68. The van der Waals surface area contributed by atoms with Gasteiger partial charge < -0.3 is 5.73 Å². The average Bonchev–Trinajstić information content (AvgIpc) is 2.75. The Morgan fingerprint density at radius 2 is 1.89 bits per heavy atom. The van der Waals surface area contributed by atoms with Gasteiger partial charge in [-0.3, -0.25) is 0 Å². The van der Waals surface area contributed by atoms with E-state index in [0.717, 1.165) is 24.2 Å². The van der Waals surface area contributed by atoms with Gasteiger partial charge in [0, 0.05) is 6.54 Å². The van der Waals surface area contributed by atoms with Crippen LogP contribution in [0.1, 0.15) is 41.8 Å². The van der Waals surface area contributed by atoms with Crippen LogP contribution in [0, 0.1) is 13.8 Å². The van der Waals surface area contributed by atoms with Crippen LogP contribution < -0.4 is 5.73 Å². The third-order valence-corrected chi connectivity index (χ3v) is 3.00. The molecule has 0 aliphatic carbocycles. The quantitative estimate of drug-likeness (QED) is 0.898. The summed E-state index contributed by atoms with van der Waals surface area (Å²) >= 11 is 0. The lowest BCUT2D eigenvalue weighted by Gasteiger charge is -2.14. The molecule has 1 aromatic carbocycles. The van der Waals surface area contributed by atoms with E-state index in [1.54, 1.807) is 6.20 Å². The standard InChI is InChI=1S/C14H20N4/c1-4-5-18-13(9-16-17-18)14(15)12-7-10(2)6-11(3)8-12/h6-9,14H,4-5,15H2,1-3H3. The molecule has 0 saturated carbocycles. The van der Waals surface area contributed by atoms with E-state index >= 15 is 0 Å². The summed E-state index contributed by atoms with van der Waals surface area (Å²) in [4.78, 5) is 0. The van der Waals surface area contributed by atoms with Gasteiger partial charge in [-0.05, 0) is 25.8 Å². The van der Waals surface area contributed by atoms with Gasteiger partial charge in [0.1, 0.15) is 0 Å².